The molecule has 1 aliphatic heterocycles. The number of likely N-dealkylation sites (tertiary alicyclic amines) is 1. The minimum absolute atomic E-state index is 0.117. The molecule has 7 nitrogen and oxygen atoms in total. The van der Waals surface area contributed by atoms with Crippen molar-refractivity contribution in [3.63, 3.8) is 0 Å². The lowest BCUT2D eigenvalue weighted by molar-refractivity contribution is -0.148. The second-order valence-corrected chi connectivity index (χ2v) is 7.44. The predicted octanol–water partition coefficient (Wildman–Crippen LogP) is 1.91. The van der Waals surface area contributed by atoms with Crippen molar-refractivity contribution in [1.82, 2.24) is 10.2 Å². The van der Waals surface area contributed by atoms with Crippen LogP contribution in [0.15, 0.2) is 0 Å². The van der Waals surface area contributed by atoms with Gasteiger partial charge in [-0.05, 0) is 51.7 Å². The summed E-state index contributed by atoms with van der Waals surface area (Å²) in [4.78, 5) is 36.4. The molecule has 2 N–H and O–H groups in total. The predicted molar refractivity (Wildman–Crippen MR) is 93.2 cm³/mol. The van der Waals surface area contributed by atoms with E-state index in [1.165, 1.54) is 4.90 Å². The van der Waals surface area contributed by atoms with Crippen LogP contribution < -0.4 is 5.32 Å². The fourth-order valence-electron chi connectivity index (χ4n) is 2.61. The van der Waals surface area contributed by atoms with E-state index in [1.807, 2.05) is 0 Å². The van der Waals surface area contributed by atoms with Gasteiger partial charge in [0.1, 0.15) is 11.6 Å². The SMILES string of the molecule is CC(C)(C)OC(=O)NCCCC[C@@H](C(=O)O)N1CC(CS)CC1=O. The summed E-state index contributed by atoms with van der Waals surface area (Å²) in [6, 6.07) is -0.802. The summed E-state index contributed by atoms with van der Waals surface area (Å²) >= 11 is 4.19. The van der Waals surface area contributed by atoms with Crippen molar-refractivity contribution in [3.8, 4) is 0 Å². The molecule has 138 valence electrons. The minimum atomic E-state index is -0.983. The van der Waals surface area contributed by atoms with Gasteiger partial charge in [-0.15, -0.1) is 0 Å². The molecule has 1 unspecified atom stereocenters. The summed E-state index contributed by atoms with van der Waals surface area (Å²) in [6.45, 7) is 6.23. The highest BCUT2D eigenvalue weighted by molar-refractivity contribution is 7.80. The van der Waals surface area contributed by atoms with Gasteiger partial charge in [0, 0.05) is 19.5 Å². The highest BCUT2D eigenvalue weighted by Gasteiger charge is 2.36. The first-order chi connectivity index (χ1) is 11.1. The number of carbonyl (C=O) groups excluding carboxylic acids is 2. The van der Waals surface area contributed by atoms with Crippen LogP contribution in [-0.2, 0) is 14.3 Å². The number of hydrogen-bond acceptors (Lipinski definition) is 5. The highest BCUT2D eigenvalue weighted by atomic mass is 32.1. The topological polar surface area (TPSA) is 95.9 Å². The molecule has 1 rings (SSSR count). The number of aliphatic carboxylic acids is 1. The molecule has 1 fully saturated rings. The molecule has 1 saturated heterocycles. The number of amides is 2. The van der Waals surface area contributed by atoms with Crippen LogP contribution in [0.3, 0.4) is 0 Å². The van der Waals surface area contributed by atoms with Crippen LogP contribution >= 0.6 is 12.6 Å². The molecule has 0 saturated carbocycles. The van der Waals surface area contributed by atoms with E-state index in [2.05, 4.69) is 17.9 Å². The molecular formula is C16H28N2O5S. The van der Waals surface area contributed by atoms with E-state index in [-0.39, 0.29) is 11.8 Å². The van der Waals surface area contributed by atoms with Crippen molar-refractivity contribution in [2.75, 3.05) is 18.8 Å². The third-order valence-electron chi connectivity index (χ3n) is 3.73. The Morgan fingerprint density at radius 2 is 2.08 bits per heavy atom. The zero-order chi connectivity index (χ0) is 18.3. The van der Waals surface area contributed by atoms with Gasteiger partial charge >= 0.3 is 12.1 Å². The number of ether oxygens (including phenoxy) is 1. The first-order valence-electron chi connectivity index (χ1n) is 8.24. The van der Waals surface area contributed by atoms with Crippen LogP contribution in [0.4, 0.5) is 4.79 Å². The zero-order valence-corrected chi connectivity index (χ0v) is 15.5. The standard InChI is InChI=1S/C16H28N2O5S/c1-16(2,3)23-15(22)17-7-5-4-6-12(14(20)21)18-9-11(10-24)8-13(18)19/h11-12,24H,4-10H2,1-3H3,(H,17,22)(H,20,21)/t11?,12-/m0/s1. The van der Waals surface area contributed by atoms with Gasteiger partial charge in [-0.3, -0.25) is 4.79 Å². The number of carboxylic acid groups (broad SMARTS) is 1. The first kappa shape index (κ1) is 20.6. The van der Waals surface area contributed by atoms with Crippen LogP contribution in [0.1, 0.15) is 46.5 Å². The van der Waals surface area contributed by atoms with Crippen molar-refractivity contribution < 1.29 is 24.2 Å². The Morgan fingerprint density at radius 1 is 1.42 bits per heavy atom. The van der Waals surface area contributed by atoms with Gasteiger partial charge < -0.3 is 20.1 Å². The second-order valence-electron chi connectivity index (χ2n) is 7.08. The van der Waals surface area contributed by atoms with Crippen molar-refractivity contribution >= 4 is 30.6 Å². The monoisotopic (exact) mass is 360 g/mol. The number of carboxylic acids is 1. The summed E-state index contributed by atoms with van der Waals surface area (Å²) in [7, 11) is 0. The van der Waals surface area contributed by atoms with E-state index in [9.17, 15) is 19.5 Å². The number of nitrogens with one attached hydrogen (secondary N) is 1. The lowest BCUT2D eigenvalue weighted by Crippen LogP contribution is -2.42. The Labute approximate surface area is 148 Å². The molecule has 0 aromatic heterocycles. The Morgan fingerprint density at radius 3 is 2.58 bits per heavy atom. The van der Waals surface area contributed by atoms with E-state index < -0.39 is 23.7 Å². The summed E-state index contributed by atoms with van der Waals surface area (Å²) in [5.74, 6) is -0.401. The van der Waals surface area contributed by atoms with Gasteiger partial charge in [0.2, 0.25) is 5.91 Å². The average Bonchev–Trinajstić information content (AvgIpc) is 2.81. The molecule has 8 heteroatoms. The maximum absolute atomic E-state index is 12.0. The molecule has 0 bridgehead atoms. The fraction of sp³-hybridized carbons (Fsp3) is 0.812. The van der Waals surface area contributed by atoms with Crippen molar-refractivity contribution in [3.05, 3.63) is 0 Å². The summed E-state index contributed by atoms with van der Waals surface area (Å²) in [6.07, 6.45) is 1.48. The largest absolute Gasteiger partial charge is 0.480 e. The molecule has 0 radical (unpaired) electrons. The van der Waals surface area contributed by atoms with Crippen molar-refractivity contribution in [1.29, 1.82) is 0 Å². The smallest absolute Gasteiger partial charge is 0.407 e. The molecule has 0 aromatic carbocycles. The summed E-state index contributed by atoms with van der Waals surface area (Å²) in [5, 5.41) is 12.0. The van der Waals surface area contributed by atoms with Crippen LogP contribution in [0.2, 0.25) is 0 Å². The minimum Gasteiger partial charge on any atom is -0.480 e. The molecule has 0 aliphatic carbocycles. The lowest BCUT2D eigenvalue weighted by Gasteiger charge is -2.24. The fourth-order valence-corrected chi connectivity index (χ4v) is 2.86. The normalized spacial score (nSPS) is 19.2. The van der Waals surface area contributed by atoms with Gasteiger partial charge in [0.25, 0.3) is 0 Å². The van der Waals surface area contributed by atoms with Crippen LogP contribution in [-0.4, -0.2) is 58.5 Å². The number of unbranched alkanes of at least 4 members (excludes halogenated alkanes) is 1. The van der Waals surface area contributed by atoms with Crippen LogP contribution in [0, 0.1) is 5.92 Å². The first-order valence-corrected chi connectivity index (χ1v) is 8.87. The van der Waals surface area contributed by atoms with Crippen molar-refractivity contribution in [2.45, 2.75) is 58.1 Å². The Bertz CT molecular complexity index is 464. The van der Waals surface area contributed by atoms with E-state index >= 15 is 0 Å². The van der Waals surface area contributed by atoms with Crippen molar-refractivity contribution in [2.24, 2.45) is 5.92 Å². The van der Waals surface area contributed by atoms with Gasteiger partial charge in [-0.25, -0.2) is 9.59 Å². The van der Waals surface area contributed by atoms with Gasteiger partial charge in [0.15, 0.2) is 0 Å². The zero-order valence-electron chi connectivity index (χ0n) is 14.6. The number of carbonyl (C=O) groups is 3. The summed E-state index contributed by atoms with van der Waals surface area (Å²) < 4.78 is 5.12. The lowest BCUT2D eigenvalue weighted by atomic mass is 10.1. The Balaban J connectivity index is 2.34. The number of hydrogen-bond donors (Lipinski definition) is 3. The van der Waals surface area contributed by atoms with E-state index in [1.54, 1.807) is 20.8 Å². The molecule has 2 atom stereocenters. The number of alkyl carbamates (subject to hydrolysis) is 1. The van der Waals surface area contributed by atoms with Crippen LogP contribution in [0.5, 0.6) is 0 Å². The summed E-state index contributed by atoms with van der Waals surface area (Å²) in [5.41, 5.74) is -0.544. The average molecular weight is 360 g/mol. The molecule has 2 amide bonds. The number of nitrogens with zero attached hydrogens (tertiary/aromatic N) is 1. The van der Waals surface area contributed by atoms with Crippen LogP contribution in [0.25, 0.3) is 0 Å². The quantitative estimate of drug-likeness (QED) is 0.454. The number of rotatable bonds is 8. The third kappa shape index (κ3) is 6.98. The molecule has 24 heavy (non-hydrogen) atoms. The maximum Gasteiger partial charge on any atom is 0.407 e. The van der Waals surface area contributed by atoms with E-state index in [4.69, 9.17) is 4.74 Å². The molecule has 0 aromatic rings. The molecule has 1 aliphatic rings. The van der Waals surface area contributed by atoms with E-state index in [0.717, 1.165) is 0 Å². The highest BCUT2D eigenvalue weighted by Crippen LogP contribution is 2.23. The third-order valence-corrected chi connectivity index (χ3v) is 4.25. The number of thiol groups is 1. The van der Waals surface area contributed by atoms with Gasteiger partial charge in [-0.1, -0.05) is 0 Å². The maximum atomic E-state index is 12.0. The van der Waals surface area contributed by atoms with E-state index in [0.29, 0.717) is 44.5 Å². The Kier molecular flexibility index (Phi) is 7.86. The molecular weight excluding hydrogens is 332 g/mol. The van der Waals surface area contributed by atoms with Gasteiger partial charge in [0.05, 0.1) is 0 Å². The second kappa shape index (κ2) is 9.15. The molecule has 1 heterocycles. The Hall–Kier alpha value is -1.44. The molecule has 0 spiro atoms. The van der Waals surface area contributed by atoms with Gasteiger partial charge in [-0.2, -0.15) is 12.6 Å².